The second-order valence-electron chi connectivity index (χ2n) is 0.981. The molecule has 0 amide bonds. The van der Waals surface area contributed by atoms with Gasteiger partial charge in [-0.15, -0.1) is 0 Å². The topological polar surface area (TPSA) is 167 Å². The van der Waals surface area contributed by atoms with Gasteiger partial charge in [0.1, 0.15) is 0 Å². The molecule has 0 aliphatic carbocycles. The molecule has 0 spiro atoms. The molecule has 0 aliphatic heterocycles. The third-order valence-electron chi connectivity index (χ3n) is 0. The van der Waals surface area contributed by atoms with Gasteiger partial charge in [0, 0.05) is 5.97 Å². The van der Waals surface area contributed by atoms with Crippen molar-refractivity contribution >= 4 is 12.1 Å². The molecule has 0 rings (SSSR count). The van der Waals surface area contributed by atoms with E-state index >= 15 is 0 Å². The molecule has 0 fully saturated rings. The first-order valence-corrected chi connectivity index (χ1v) is 2.09. The van der Waals surface area contributed by atoms with Gasteiger partial charge < -0.3 is 40.2 Å². The molecular formula is C3H4K2NNaO8. The molecule has 0 aromatic heterocycles. The summed E-state index contributed by atoms with van der Waals surface area (Å²) in [6.45, 7) is 0.972. The molecule has 0 saturated carbocycles. The van der Waals surface area contributed by atoms with Crippen LogP contribution in [0.3, 0.4) is 0 Å². The number of rotatable bonds is 0. The van der Waals surface area contributed by atoms with Crippen LogP contribution in [0.5, 0.6) is 0 Å². The number of nitrogens with zero attached hydrogens (tertiary/aromatic N) is 1. The Morgan fingerprint density at radius 1 is 1.13 bits per heavy atom. The summed E-state index contributed by atoms with van der Waals surface area (Å²) in [4.78, 5) is 25.6. The van der Waals surface area contributed by atoms with Crippen LogP contribution in [0, 0.1) is 15.3 Å². The Morgan fingerprint density at radius 2 is 1.13 bits per heavy atom. The zero-order valence-electron chi connectivity index (χ0n) is 8.75. The van der Waals surface area contributed by atoms with Gasteiger partial charge in [-0.2, -0.15) is 0 Å². The second-order valence-corrected chi connectivity index (χ2v) is 0.981. The van der Waals surface area contributed by atoms with Crippen molar-refractivity contribution in [3.63, 3.8) is 0 Å². The molecule has 0 atom stereocenters. The predicted molar refractivity (Wildman–Crippen MR) is 29.1 cm³/mol. The van der Waals surface area contributed by atoms with Crippen LogP contribution in [0.25, 0.3) is 0 Å². The van der Waals surface area contributed by atoms with Crippen molar-refractivity contribution in [1.82, 2.24) is 0 Å². The number of carbonyl (C=O) groups is 2. The minimum absolute atomic E-state index is 0. The second kappa shape index (κ2) is 29.8. The van der Waals surface area contributed by atoms with E-state index < -0.39 is 17.2 Å². The van der Waals surface area contributed by atoms with Crippen molar-refractivity contribution in [3.05, 3.63) is 15.3 Å². The van der Waals surface area contributed by atoms with Crippen LogP contribution in [0.2, 0.25) is 0 Å². The van der Waals surface area contributed by atoms with Gasteiger partial charge in [-0.05, 0) is 6.92 Å². The largest absolute Gasteiger partial charge is 1.00 e. The molecule has 0 saturated heterocycles. The molecule has 0 aromatic carbocycles. The Kier molecular flexibility index (Phi) is 71.6. The van der Waals surface area contributed by atoms with Gasteiger partial charge in [-0.25, -0.2) is 0 Å². The summed E-state index contributed by atoms with van der Waals surface area (Å²) >= 11 is 0. The first-order valence-electron chi connectivity index (χ1n) is 2.09. The van der Waals surface area contributed by atoms with Gasteiger partial charge >= 0.3 is 132 Å². The third kappa shape index (κ3) is 669. The van der Waals surface area contributed by atoms with E-state index in [1.807, 2.05) is 0 Å². The maximum Gasteiger partial charge on any atom is 1.00 e. The maximum atomic E-state index is 8.89. The summed E-state index contributed by atoms with van der Waals surface area (Å²) in [5, 5.41) is 38.9. The number of carboxylic acids is 1. The Bertz CT molecular complexity index is 125. The van der Waals surface area contributed by atoms with Crippen LogP contribution < -0.4 is 143 Å². The number of carboxylic acid groups (broad SMARTS) is 3. The van der Waals surface area contributed by atoms with E-state index in [-0.39, 0.29) is 132 Å². The van der Waals surface area contributed by atoms with E-state index in [0.29, 0.717) is 0 Å². The third-order valence-corrected chi connectivity index (χ3v) is 0. The Labute approximate surface area is 192 Å². The quantitative estimate of drug-likeness (QED) is 0.260. The molecular weight excluding hydrogens is 279 g/mol. The molecule has 0 radical (unpaired) electrons. The average molecular weight is 283 g/mol. The van der Waals surface area contributed by atoms with Crippen LogP contribution >= 0.6 is 0 Å². The fraction of sp³-hybridized carbons (Fsp3) is 0.333. The van der Waals surface area contributed by atoms with Gasteiger partial charge in [0.05, 0.1) is 5.09 Å². The minimum atomic E-state index is -2.08. The molecule has 0 aromatic rings. The van der Waals surface area contributed by atoms with Gasteiger partial charge in [0.15, 0.2) is 0 Å². The molecule has 9 nitrogen and oxygen atoms in total. The van der Waals surface area contributed by atoms with Crippen molar-refractivity contribution in [2.45, 2.75) is 6.92 Å². The molecule has 72 valence electrons. The van der Waals surface area contributed by atoms with E-state index in [4.69, 9.17) is 40.2 Å². The number of hydrogen-bond donors (Lipinski definition) is 1. The van der Waals surface area contributed by atoms with E-state index in [0.717, 1.165) is 6.92 Å². The van der Waals surface area contributed by atoms with Crippen LogP contribution in [0.15, 0.2) is 0 Å². The van der Waals surface area contributed by atoms with Gasteiger partial charge in [0.25, 0.3) is 0 Å². The van der Waals surface area contributed by atoms with Crippen molar-refractivity contribution < 1.29 is 162 Å². The summed E-state index contributed by atoms with van der Waals surface area (Å²) < 4.78 is 0. The first-order chi connectivity index (χ1) is 5.20. The van der Waals surface area contributed by atoms with Crippen molar-refractivity contribution in [2.24, 2.45) is 0 Å². The first kappa shape index (κ1) is 36.0. The van der Waals surface area contributed by atoms with Crippen molar-refractivity contribution in [1.29, 1.82) is 0 Å². The van der Waals surface area contributed by atoms with E-state index in [1.54, 1.807) is 0 Å². The smallest absolute Gasteiger partial charge is 0.565 e. The van der Waals surface area contributed by atoms with E-state index in [2.05, 4.69) is 0 Å². The number of aliphatic carboxylic acids is 1. The monoisotopic (exact) mass is 283 g/mol. The molecule has 15 heavy (non-hydrogen) atoms. The number of carbonyl (C=O) groups excluding carboxylic acids is 1. The maximum absolute atomic E-state index is 8.89. The van der Waals surface area contributed by atoms with Crippen LogP contribution in [-0.4, -0.2) is 22.3 Å². The Hall–Kier alpha value is 2.21. The predicted octanol–water partition coefficient (Wildman–Crippen LogP) is -11.6. The van der Waals surface area contributed by atoms with Gasteiger partial charge in [0.2, 0.25) is 6.16 Å². The summed E-state index contributed by atoms with van der Waals surface area (Å²) in [5.41, 5.74) is 0. The number of hydrogen-bond acceptors (Lipinski definition) is 7. The van der Waals surface area contributed by atoms with Crippen molar-refractivity contribution in [2.75, 3.05) is 0 Å². The molecule has 0 heterocycles. The summed E-state index contributed by atoms with van der Waals surface area (Å²) in [7, 11) is 0. The average Bonchev–Trinajstić information content (AvgIpc) is 1.54. The summed E-state index contributed by atoms with van der Waals surface area (Å²) in [5.74, 6) is -1.08. The van der Waals surface area contributed by atoms with Crippen molar-refractivity contribution in [3.8, 4) is 0 Å². The van der Waals surface area contributed by atoms with Crippen LogP contribution in [0.1, 0.15) is 6.92 Å². The molecule has 0 aliphatic rings. The SMILES string of the molecule is CC(=O)[O-].O=C([O-])O.O=[N+]([O-])[O-].[K+].[K+].[Na+]. The van der Waals surface area contributed by atoms with Gasteiger partial charge in [-0.3, -0.25) is 0 Å². The minimum Gasteiger partial charge on any atom is -0.565 e. The molecule has 0 bridgehead atoms. The zero-order chi connectivity index (χ0) is 10.7. The molecule has 12 heteroatoms. The van der Waals surface area contributed by atoms with Gasteiger partial charge in [-0.1, -0.05) is 0 Å². The summed E-state index contributed by atoms with van der Waals surface area (Å²) in [6.07, 6.45) is -2.08. The fourth-order valence-electron chi connectivity index (χ4n) is 0. The Morgan fingerprint density at radius 3 is 1.13 bits per heavy atom. The fourth-order valence-corrected chi connectivity index (χ4v) is 0. The van der Waals surface area contributed by atoms with Crippen LogP contribution in [-0.2, 0) is 4.79 Å². The molecule has 0 unspecified atom stereocenters. The van der Waals surface area contributed by atoms with Crippen LogP contribution in [0.4, 0.5) is 4.79 Å². The van der Waals surface area contributed by atoms with E-state index in [1.165, 1.54) is 0 Å². The summed E-state index contributed by atoms with van der Waals surface area (Å²) in [6, 6.07) is 0. The van der Waals surface area contributed by atoms with E-state index in [9.17, 15) is 0 Å². The normalized spacial score (nSPS) is 4.87. The zero-order valence-corrected chi connectivity index (χ0v) is 17.0. The Balaban J connectivity index is -0.0000000184. The molecule has 1 N–H and O–H groups in total. The standard InChI is InChI=1S/C2H4O2.CH2O3.2K.NO3.Na/c1-2(3)4;2-1(3)4;;;2-1(3)4;/h1H3,(H,3,4);(H2,2,3,4);;;;/q;;2*+1;-1;+1/p-2.